The minimum atomic E-state index is -1.12. The molecule has 3 atom stereocenters. The summed E-state index contributed by atoms with van der Waals surface area (Å²) >= 11 is 0. The standard InChI is InChI=1S/C31H37FN6O2.C8H17N.C4H11N.C2H6/c1-5-31-38-26-9-7-20(24(34)14-33)11-22(26)12-27(38)23-8-6-21(13-28(23)40-31)25-15-35-29(36-25)17-37(16-19(4)32)30(39)10-18(2)3;1-3-6-9-7-4-5-8(9)2;1-3-4-5-2;1-2/h6-9,11-15,18-19,31H,5,10,16-17,33-34H2,1-4H3,(H,35,36);8H,3-7H2,1-2H3;5H,3-4H2,1-2H3;1-2H3/b24-14-;;;. The number of imidazole rings is 1. The number of likely N-dealkylation sites (tertiary alicyclic amines) is 1. The number of nitrogens with two attached hydrogens (primary N) is 2. The van der Waals surface area contributed by atoms with Crippen LogP contribution < -0.4 is 21.5 Å². The SMILES string of the molecule is CC.CCC1Oc2cc(-c3cnc(CN(CC(C)F)C(=O)CC(C)C)[nH]3)ccc2-c2cc3cc(/C(N)=C/N)ccc3n21.CCCN1CCCC1C.CCCNC. The lowest BCUT2D eigenvalue weighted by molar-refractivity contribution is -0.133. The maximum absolute atomic E-state index is 13.8. The van der Waals surface area contributed by atoms with Gasteiger partial charge in [0.2, 0.25) is 5.91 Å². The van der Waals surface area contributed by atoms with Crippen LogP contribution in [-0.2, 0) is 11.3 Å². The molecule has 1 fully saturated rings. The van der Waals surface area contributed by atoms with Crippen LogP contribution in [0.1, 0.15) is 118 Å². The van der Waals surface area contributed by atoms with Crippen molar-refractivity contribution >= 4 is 22.5 Å². The fourth-order valence-corrected chi connectivity index (χ4v) is 7.16. The molecule has 3 unspecified atom stereocenters. The zero-order valence-corrected chi connectivity index (χ0v) is 35.9. The predicted octanol–water partition coefficient (Wildman–Crippen LogP) is 9.47. The molecule has 0 saturated carbocycles. The maximum atomic E-state index is 13.8. The third-order valence-corrected chi connectivity index (χ3v) is 9.90. The van der Waals surface area contributed by atoms with E-state index in [0.29, 0.717) is 17.9 Å². The number of aromatic amines is 1. The zero-order valence-electron chi connectivity index (χ0n) is 35.9. The normalized spacial score (nSPS) is 16.7. The molecule has 310 valence electrons. The first-order valence-electron chi connectivity index (χ1n) is 20.9. The topological polar surface area (TPSA) is 130 Å². The van der Waals surface area contributed by atoms with Gasteiger partial charge in [-0.3, -0.25) is 4.79 Å². The number of nitrogens with zero attached hydrogens (tertiary/aromatic N) is 4. The monoisotopic (exact) mass is 775 g/mol. The largest absolute Gasteiger partial charge is 0.469 e. The summed E-state index contributed by atoms with van der Waals surface area (Å²) in [6, 6.07) is 15.2. The van der Waals surface area contributed by atoms with E-state index < -0.39 is 6.17 Å². The van der Waals surface area contributed by atoms with Gasteiger partial charge < -0.3 is 40.9 Å². The van der Waals surface area contributed by atoms with E-state index in [4.69, 9.17) is 16.2 Å². The number of aromatic nitrogens is 3. The highest BCUT2D eigenvalue weighted by Crippen LogP contribution is 2.44. The minimum absolute atomic E-state index is 0.0390. The molecule has 2 aliphatic heterocycles. The first-order chi connectivity index (χ1) is 26.9. The highest BCUT2D eigenvalue weighted by molar-refractivity contribution is 5.91. The number of rotatable bonds is 13. The number of hydrogen-bond donors (Lipinski definition) is 4. The summed E-state index contributed by atoms with van der Waals surface area (Å²) in [5.74, 6) is 1.52. The smallest absolute Gasteiger partial charge is 0.223 e. The van der Waals surface area contributed by atoms with E-state index in [-0.39, 0.29) is 31.1 Å². The molecule has 2 aromatic carbocycles. The van der Waals surface area contributed by atoms with Crippen molar-refractivity contribution in [3.05, 3.63) is 66.2 Å². The Morgan fingerprint density at radius 3 is 2.45 bits per heavy atom. The number of benzene rings is 2. The van der Waals surface area contributed by atoms with Gasteiger partial charge in [-0.2, -0.15) is 0 Å². The van der Waals surface area contributed by atoms with E-state index in [9.17, 15) is 9.18 Å². The number of carbonyl (C=O) groups is 1. The lowest BCUT2D eigenvalue weighted by Crippen LogP contribution is -2.35. The molecule has 0 bridgehead atoms. The zero-order chi connectivity index (χ0) is 41.4. The van der Waals surface area contributed by atoms with Gasteiger partial charge in [0, 0.05) is 41.6 Å². The molecule has 4 aromatic rings. The predicted molar refractivity (Wildman–Crippen MR) is 233 cm³/mol. The Hall–Kier alpha value is -4.35. The minimum Gasteiger partial charge on any atom is -0.469 e. The Morgan fingerprint density at radius 2 is 1.88 bits per heavy atom. The number of amides is 1. The highest BCUT2D eigenvalue weighted by atomic mass is 19.1. The molecule has 2 aromatic heterocycles. The number of halogens is 1. The van der Waals surface area contributed by atoms with Gasteiger partial charge in [0.15, 0.2) is 6.23 Å². The van der Waals surface area contributed by atoms with Gasteiger partial charge in [0.05, 0.1) is 41.9 Å². The summed E-state index contributed by atoms with van der Waals surface area (Å²) in [4.78, 5) is 24.6. The number of fused-ring (bicyclic) bond motifs is 5. The summed E-state index contributed by atoms with van der Waals surface area (Å²) in [6.45, 7) is 22.3. The fourth-order valence-electron chi connectivity index (χ4n) is 7.16. The summed E-state index contributed by atoms with van der Waals surface area (Å²) in [5, 5.41) is 4.08. The van der Waals surface area contributed by atoms with Crippen molar-refractivity contribution in [3.8, 4) is 28.3 Å². The van der Waals surface area contributed by atoms with Crippen molar-refractivity contribution in [1.29, 1.82) is 0 Å². The second kappa shape index (κ2) is 23.0. The Bertz CT molecular complexity index is 1810. The maximum Gasteiger partial charge on any atom is 0.223 e. The van der Waals surface area contributed by atoms with Crippen molar-refractivity contribution in [1.82, 2.24) is 29.7 Å². The molecule has 6 rings (SSSR count). The van der Waals surface area contributed by atoms with Crippen molar-refractivity contribution in [2.24, 2.45) is 17.4 Å². The van der Waals surface area contributed by atoms with E-state index in [1.807, 2.05) is 59.0 Å². The molecule has 0 aliphatic carbocycles. The molecule has 0 spiro atoms. The molecule has 11 heteroatoms. The lowest BCUT2D eigenvalue weighted by atomic mass is 10.0. The van der Waals surface area contributed by atoms with Crippen LogP contribution in [0.5, 0.6) is 5.75 Å². The van der Waals surface area contributed by atoms with Gasteiger partial charge >= 0.3 is 0 Å². The fraction of sp³-hybridized carbons (Fsp3) is 0.556. The number of alkyl halides is 1. The number of nitrogens with one attached hydrogen (secondary N) is 2. The van der Waals surface area contributed by atoms with Crippen LogP contribution in [0.2, 0.25) is 0 Å². The van der Waals surface area contributed by atoms with E-state index in [1.54, 1.807) is 6.20 Å². The number of carbonyl (C=O) groups excluding carboxylic acids is 1. The Balaban J connectivity index is 0.000000441. The van der Waals surface area contributed by atoms with E-state index in [1.165, 1.54) is 56.8 Å². The van der Waals surface area contributed by atoms with Gasteiger partial charge in [-0.15, -0.1) is 0 Å². The van der Waals surface area contributed by atoms with Crippen LogP contribution in [0.25, 0.3) is 39.1 Å². The van der Waals surface area contributed by atoms with Gasteiger partial charge in [0.1, 0.15) is 17.7 Å². The Labute approximate surface area is 336 Å². The number of ether oxygens (including phenoxy) is 1. The average molecular weight is 775 g/mol. The summed E-state index contributed by atoms with van der Waals surface area (Å²) in [7, 11) is 1.96. The van der Waals surface area contributed by atoms with Crippen LogP contribution in [0.4, 0.5) is 4.39 Å². The van der Waals surface area contributed by atoms with Crippen LogP contribution >= 0.6 is 0 Å². The molecule has 6 N–H and O–H groups in total. The molecule has 1 saturated heterocycles. The van der Waals surface area contributed by atoms with Gasteiger partial charge in [0.25, 0.3) is 0 Å². The number of hydrogen-bond acceptors (Lipinski definition) is 7. The van der Waals surface area contributed by atoms with E-state index in [0.717, 1.165) is 63.7 Å². The molecular formula is C45H71FN8O2. The van der Waals surface area contributed by atoms with E-state index >= 15 is 0 Å². The molecule has 0 radical (unpaired) electrons. The van der Waals surface area contributed by atoms with Crippen LogP contribution in [0.3, 0.4) is 0 Å². The first kappa shape index (κ1) is 46.0. The van der Waals surface area contributed by atoms with Crippen molar-refractivity contribution in [2.75, 3.05) is 33.2 Å². The summed E-state index contributed by atoms with van der Waals surface area (Å²) in [6.07, 6.45) is 8.41. The molecule has 1 amide bonds. The first-order valence-corrected chi connectivity index (χ1v) is 20.9. The second-order valence-corrected chi connectivity index (χ2v) is 15.0. The highest BCUT2D eigenvalue weighted by Gasteiger charge is 2.27. The molecule has 56 heavy (non-hydrogen) atoms. The van der Waals surface area contributed by atoms with E-state index in [2.05, 4.69) is 70.6 Å². The van der Waals surface area contributed by atoms with Crippen LogP contribution in [-0.4, -0.2) is 75.7 Å². The summed E-state index contributed by atoms with van der Waals surface area (Å²) < 4.78 is 22.6. The van der Waals surface area contributed by atoms with Crippen molar-refractivity contribution in [2.45, 2.75) is 126 Å². The Morgan fingerprint density at radius 1 is 1.12 bits per heavy atom. The van der Waals surface area contributed by atoms with Crippen molar-refractivity contribution < 1.29 is 13.9 Å². The Kier molecular flexibility index (Phi) is 18.9. The average Bonchev–Trinajstić information content (AvgIpc) is 3.93. The lowest BCUT2D eigenvalue weighted by Gasteiger charge is -2.29. The van der Waals surface area contributed by atoms with Crippen LogP contribution in [0.15, 0.2) is 54.9 Å². The van der Waals surface area contributed by atoms with Crippen LogP contribution in [0, 0.1) is 5.92 Å². The molecule has 2 aliphatic rings. The third kappa shape index (κ3) is 12.3. The third-order valence-electron chi connectivity index (χ3n) is 9.90. The van der Waals surface area contributed by atoms with Gasteiger partial charge in [-0.1, -0.05) is 60.6 Å². The van der Waals surface area contributed by atoms with Crippen molar-refractivity contribution in [3.63, 3.8) is 0 Å². The van der Waals surface area contributed by atoms with Gasteiger partial charge in [-0.25, -0.2) is 9.37 Å². The van der Waals surface area contributed by atoms with Gasteiger partial charge in [-0.05, 0) is 108 Å². The second-order valence-electron chi connectivity index (χ2n) is 15.0. The molecular weight excluding hydrogens is 704 g/mol. The summed E-state index contributed by atoms with van der Waals surface area (Å²) in [5.41, 5.74) is 18.0. The number of H-pyrrole nitrogens is 1. The quantitative estimate of drug-likeness (QED) is 0.107. The molecule has 4 heterocycles. The molecule has 10 nitrogen and oxygen atoms in total.